The van der Waals surface area contributed by atoms with Crippen LogP contribution < -0.4 is 5.32 Å². The lowest BCUT2D eigenvalue weighted by molar-refractivity contribution is -0.136. The maximum atomic E-state index is 12.4. The summed E-state index contributed by atoms with van der Waals surface area (Å²) in [7, 11) is 0. The van der Waals surface area contributed by atoms with Gasteiger partial charge in [0.05, 0.1) is 6.10 Å². The molecule has 0 radical (unpaired) electrons. The van der Waals surface area contributed by atoms with Crippen LogP contribution in [0, 0.1) is 6.92 Å². The Balaban J connectivity index is 1.60. The Kier molecular flexibility index (Phi) is 5.81. The molecule has 0 aliphatic heterocycles. The quantitative estimate of drug-likeness (QED) is 0.876. The SMILES string of the molecule is Cc1nccn1-c1ncccc1CNC(=O)[C@H](C)OC1CCCCC1. The lowest BCUT2D eigenvalue weighted by atomic mass is 9.97. The van der Waals surface area contributed by atoms with Crippen molar-refractivity contribution in [2.24, 2.45) is 0 Å². The van der Waals surface area contributed by atoms with E-state index in [4.69, 9.17) is 4.74 Å². The largest absolute Gasteiger partial charge is 0.365 e. The summed E-state index contributed by atoms with van der Waals surface area (Å²) in [6.45, 7) is 4.17. The maximum Gasteiger partial charge on any atom is 0.249 e. The van der Waals surface area contributed by atoms with Crippen LogP contribution in [0.3, 0.4) is 0 Å². The van der Waals surface area contributed by atoms with E-state index in [1.54, 1.807) is 12.4 Å². The predicted octanol–water partition coefficient (Wildman–Crippen LogP) is 2.93. The van der Waals surface area contributed by atoms with Crippen LogP contribution in [0.2, 0.25) is 0 Å². The summed E-state index contributed by atoms with van der Waals surface area (Å²) in [6, 6.07) is 3.84. The first-order valence-electron chi connectivity index (χ1n) is 9.02. The van der Waals surface area contributed by atoms with Gasteiger partial charge in [-0.3, -0.25) is 9.36 Å². The standard InChI is InChI=1S/C19H26N4O2/c1-14(25-17-8-4-3-5-9-17)19(24)22-13-16-7-6-10-21-18(16)23-12-11-20-15(23)2/h6-7,10-12,14,17H,3-5,8-9,13H2,1-2H3,(H,22,24)/t14-/m0/s1. The molecule has 0 saturated heterocycles. The van der Waals surface area contributed by atoms with E-state index in [9.17, 15) is 4.79 Å². The summed E-state index contributed by atoms with van der Waals surface area (Å²) >= 11 is 0. The number of amides is 1. The number of rotatable bonds is 6. The van der Waals surface area contributed by atoms with Crippen molar-refractivity contribution in [1.82, 2.24) is 19.9 Å². The predicted molar refractivity (Wildman–Crippen MR) is 95.4 cm³/mol. The normalized spacial score (nSPS) is 16.6. The topological polar surface area (TPSA) is 69.0 Å². The Labute approximate surface area is 148 Å². The van der Waals surface area contributed by atoms with Gasteiger partial charge in [-0.1, -0.05) is 25.3 Å². The van der Waals surface area contributed by atoms with Crippen LogP contribution in [-0.2, 0) is 16.1 Å². The van der Waals surface area contributed by atoms with Gasteiger partial charge in [0.2, 0.25) is 5.91 Å². The lowest BCUT2D eigenvalue weighted by Gasteiger charge is -2.25. The first-order chi connectivity index (χ1) is 12.1. The molecule has 1 fully saturated rings. The summed E-state index contributed by atoms with van der Waals surface area (Å²) in [6.07, 6.45) is 10.9. The number of aryl methyl sites for hydroxylation is 1. The molecule has 6 heteroatoms. The second kappa shape index (κ2) is 8.25. The van der Waals surface area contributed by atoms with E-state index in [0.29, 0.717) is 6.54 Å². The molecule has 2 aromatic heterocycles. The Bertz CT molecular complexity index is 707. The number of pyridine rings is 1. The average molecular weight is 342 g/mol. The molecule has 1 amide bonds. The van der Waals surface area contributed by atoms with Gasteiger partial charge in [-0.25, -0.2) is 9.97 Å². The molecule has 0 spiro atoms. The molecule has 0 unspecified atom stereocenters. The number of nitrogens with zero attached hydrogens (tertiary/aromatic N) is 3. The number of ether oxygens (including phenoxy) is 1. The number of hydrogen-bond donors (Lipinski definition) is 1. The van der Waals surface area contributed by atoms with Crippen molar-refractivity contribution in [3.05, 3.63) is 42.1 Å². The van der Waals surface area contributed by atoms with Gasteiger partial charge in [-0.05, 0) is 32.8 Å². The minimum atomic E-state index is -0.432. The highest BCUT2D eigenvalue weighted by Gasteiger charge is 2.21. The number of hydrogen-bond acceptors (Lipinski definition) is 4. The molecule has 0 bridgehead atoms. The molecule has 6 nitrogen and oxygen atoms in total. The van der Waals surface area contributed by atoms with Gasteiger partial charge in [-0.15, -0.1) is 0 Å². The fourth-order valence-electron chi connectivity index (χ4n) is 3.26. The zero-order valence-corrected chi connectivity index (χ0v) is 14.9. The van der Waals surface area contributed by atoms with Crippen molar-refractivity contribution in [2.75, 3.05) is 0 Å². The first kappa shape index (κ1) is 17.6. The van der Waals surface area contributed by atoms with Crippen LogP contribution in [0.4, 0.5) is 0 Å². The lowest BCUT2D eigenvalue weighted by Crippen LogP contribution is -2.37. The van der Waals surface area contributed by atoms with E-state index in [1.165, 1.54) is 19.3 Å². The minimum Gasteiger partial charge on any atom is -0.365 e. The van der Waals surface area contributed by atoms with Crippen molar-refractivity contribution in [3.63, 3.8) is 0 Å². The molecular formula is C19H26N4O2. The third-order valence-corrected chi connectivity index (χ3v) is 4.69. The highest BCUT2D eigenvalue weighted by molar-refractivity contribution is 5.80. The maximum absolute atomic E-state index is 12.4. The molecule has 1 aliphatic carbocycles. The van der Waals surface area contributed by atoms with Crippen LogP contribution in [0.15, 0.2) is 30.7 Å². The second-order valence-corrected chi connectivity index (χ2v) is 6.59. The number of nitrogens with one attached hydrogen (secondary N) is 1. The third kappa shape index (κ3) is 4.45. The van der Waals surface area contributed by atoms with Crippen LogP contribution in [0.1, 0.15) is 50.4 Å². The molecular weight excluding hydrogens is 316 g/mol. The molecule has 2 heterocycles. The van der Waals surface area contributed by atoms with Gasteiger partial charge in [0.15, 0.2) is 0 Å². The summed E-state index contributed by atoms with van der Waals surface area (Å²) in [5, 5.41) is 2.97. The molecule has 2 aromatic rings. The van der Waals surface area contributed by atoms with Gasteiger partial charge < -0.3 is 10.1 Å². The molecule has 134 valence electrons. The zero-order chi connectivity index (χ0) is 17.6. The average Bonchev–Trinajstić information content (AvgIpc) is 3.06. The van der Waals surface area contributed by atoms with E-state index < -0.39 is 6.10 Å². The molecule has 25 heavy (non-hydrogen) atoms. The Morgan fingerprint density at radius 1 is 1.32 bits per heavy atom. The molecule has 1 atom stereocenters. The summed E-state index contributed by atoms with van der Waals surface area (Å²) < 4.78 is 7.84. The number of carbonyl (C=O) groups is 1. The van der Waals surface area contributed by atoms with Gasteiger partial charge in [-0.2, -0.15) is 0 Å². The Morgan fingerprint density at radius 3 is 2.84 bits per heavy atom. The van der Waals surface area contributed by atoms with Crippen molar-refractivity contribution >= 4 is 5.91 Å². The third-order valence-electron chi connectivity index (χ3n) is 4.69. The first-order valence-corrected chi connectivity index (χ1v) is 9.02. The van der Waals surface area contributed by atoms with Gasteiger partial charge >= 0.3 is 0 Å². The van der Waals surface area contributed by atoms with Crippen molar-refractivity contribution in [2.45, 2.75) is 64.7 Å². The van der Waals surface area contributed by atoms with Crippen LogP contribution in [0.25, 0.3) is 5.82 Å². The van der Waals surface area contributed by atoms with Crippen LogP contribution in [0.5, 0.6) is 0 Å². The molecule has 1 saturated carbocycles. The highest BCUT2D eigenvalue weighted by atomic mass is 16.5. The van der Waals surface area contributed by atoms with E-state index >= 15 is 0 Å². The molecule has 1 aliphatic rings. The minimum absolute atomic E-state index is 0.0808. The Morgan fingerprint density at radius 2 is 2.12 bits per heavy atom. The fraction of sp³-hybridized carbons (Fsp3) is 0.526. The monoisotopic (exact) mass is 342 g/mol. The van der Waals surface area contributed by atoms with E-state index in [-0.39, 0.29) is 12.0 Å². The van der Waals surface area contributed by atoms with Crippen LogP contribution >= 0.6 is 0 Å². The summed E-state index contributed by atoms with van der Waals surface area (Å²) in [5.74, 6) is 1.57. The van der Waals surface area contributed by atoms with Gasteiger partial charge in [0.25, 0.3) is 0 Å². The zero-order valence-electron chi connectivity index (χ0n) is 14.9. The molecule has 0 aromatic carbocycles. The van der Waals surface area contributed by atoms with Crippen molar-refractivity contribution in [1.29, 1.82) is 0 Å². The van der Waals surface area contributed by atoms with E-state index in [2.05, 4.69) is 15.3 Å². The number of aromatic nitrogens is 3. The van der Waals surface area contributed by atoms with E-state index in [1.807, 2.05) is 36.7 Å². The second-order valence-electron chi connectivity index (χ2n) is 6.59. The fourth-order valence-corrected chi connectivity index (χ4v) is 3.26. The molecule has 3 rings (SSSR count). The van der Waals surface area contributed by atoms with Gasteiger partial charge in [0, 0.05) is 30.7 Å². The van der Waals surface area contributed by atoms with Crippen molar-refractivity contribution in [3.8, 4) is 5.82 Å². The summed E-state index contributed by atoms with van der Waals surface area (Å²) in [5.41, 5.74) is 0.946. The van der Waals surface area contributed by atoms with Crippen LogP contribution in [-0.4, -0.2) is 32.7 Å². The number of carbonyl (C=O) groups excluding carboxylic acids is 1. The smallest absolute Gasteiger partial charge is 0.249 e. The number of imidazole rings is 1. The van der Waals surface area contributed by atoms with Gasteiger partial charge in [0.1, 0.15) is 17.7 Å². The highest BCUT2D eigenvalue weighted by Crippen LogP contribution is 2.21. The van der Waals surface area contributed by atoms with E-state index in [0.717, 1.165) is 30.0 Å². The molecule has 1 N–H and O–H groups in total. The summed E-state index contributed by atoms with van der Waals surface area (Å²) in [4.78, 5) is 21.1. The Hall–Kier alpha value is -2.21. The van der Waals surface area contributed by atoms with Crippen molar-refractivity contribution < 1.29 is 9.53 Å².